The van der Waals surface area contributed by atoms with Crippen LogP contribution in [0.15, 0.2) is 48.6 Å². The van der Waals surface area contributed by atoms with Crippen molar-refractivity contribution in [3.8, 4) is 6.01 Å². The number of anilines is 2. The van der Waals surface area contributed by atoms with E-state index in [2.05, 4.69) is 14.6 Å². The van der Waals surface area contributed by atoms with Gasteiger partial charge in [0.15, 0.2) is 0 Å². The van der Waals surface area contributed by atoms with Crippen molar-refractivity contribution in [3.05, 3.63) is 77.0 Å². The predicted molar refractivity (Wildman–Crippen MR) is 164 cm³/mol. The Kier molecular flexibility index (Phi) is 9.17. The van der Waals surface area contributed by atoms with Crippen LogP contribution in [0.4, 0.5) is 20.3 Å². The molecule has 230 valence electrons. The van der Waals surface area contributed by atoms with Gasteiger partial charge in [-0.15, -0.1) is 0 Å². The number of allylic oxidation sites excluding steroid dienone is 1. The number of nitrogens with zero attached hydrogens (tertiary/aromatic N) is 6. The fraction of sp³-hybridized carbons (Fsp3) is 0.455. The van der Waals surface area contributed by atoms with Crippen molar-refractivity contribution in [3.63, 3.8) is 0 Å². The molecule has 1 amide bonds. The summed E-state index contributed by atoms with van der Waals surface area (Å²) in [7, 11) is 0. The van der Waals surface area contributed by atoms with Crippen LogP contribution in [0.2, 0.25) is 0 Å². The van der Waals surface area contributed by atoms with Crippen molar-refractivity contribution in [1.29, 1.82) is 0 Å². The fourth-order valence-corrected chi connectivity index (χ4v) is 6.01. The molecular weight excluding hydrogens is 566 g/mol. The lowest BCUT2D eigenvalue weighted by Gasteiger charge is -2.41. The SMILES string of the molecule is [C-]#[N+]C[C@H]1CN(c2nc(OCCCOC3CC3)nc3c2CCN(c2cccc4cccc(F)c24)C3)CCN1C(=O)/C=C/CF. The minimum absolute atomic E-state index is 0.129. The quantitative estimate of drug-likeness (QED) is 0.178. The van der Waals surface area contributed by atoms with E-state index in [1.165, 1.54) is 18.2 Å². The van der Waals surface area contributed by atoms with Crippen molar-refractivity contribution in [2.24, 2.45) is 0 Å². The molecule has 1 aromatic heterocycles. The number of amides is 1. The third-order valence-electron chi connectivity index (χ3n) is 8.31. The van der Waals surface area contributed by atoms with E-state index in [-0.39, 0.29) is 30.3 Å². The minimum atomic E-state index is -0.718. The van der Waals surface area contributed by atoms with Crippen molar-refractivity contribution in [2.75, 3.05) is 62.4 Å². The second-order valence-corrected chi connectivity index (χ2v) is 11.3. The van der Waals surface area contributed by atoms with Crippen LogP contribution < -0.4 is 14.5 Å². The number of hydrogen-bond acceptors (Lipinski definition) is 7. The first kappa shape index (κ1) is 29.8. The van der Waals surface area contributed by atoms with Crippen molar-refractivity contribution < 1.29 is 23.0 Å². The Morgan fingerprint density at radius 3 is 2.73 bits per heavy atom. The number of carbonyl (C=O) groups is 1. The van der Waals surface area contributed by atoms with Gasteiger partial charge in [0.25, 0.3) is 0 Å². The third kappa shape index (κ3) is 6.60. The third-order valence-corrected chi connectivity index (χ3v) is 8.31. The standard InChI is InChI=1S/C33H36F2N6O3/c1-36-20-24-21-40(16-17-41(24)30(42)10-4-14-34)32-26-13-15-39(29-9-3-7-23-6-2-8-27(35)31(23)29)22-28(26)37-33(38-32)44-19-5-18-43-25-11-12-25/h2-4,6-10,24-25H,5,11-22H2/b10-4+/t24-/m0/s1. The number of alkyl halides is 1. The molecule has 0 N–H and O–H groups in total. The largest absolute Gasteiger partial charge is 0.463 e. The second kappa shape index (κ2) is 13.6. The Bertz CT molecular complexity index is 1570. The highest BCUT2D eigenvalue weighted by Crippen LogP contribution is 2.35. The van der Waals surface area contributed by atoms with E-state index >= 15 is 4.39 Å². The molecule has 2 aliphatic heterocycles. The van der Waals surface area contributed by atoms with Gasteiger partial charge in [-0.1, -0.05) is 24.3 Å². The molecule has 0 unspecified atom stereocenters. The molecule has 2 aromatic carbocycles. The van der Waals surface area contributed by atoms with Crippen LogP contribution in [0.3, 0.4) is 0 Å². The summed E-state index contributed by atoms with van der Waals surface area (Å²) in [6.45, 7) is 10.3. The Labute approximate surface area is 255 Å². The molecule has 44 heavy (non-hydrogen) atoms. The fourth-order valence-electron chi connectivity index (χ4n) is 6.01. The number of carbonyl (C=O) groups excluding carboxylic acids is 1. The van der Waals surface area contributed by atoms with E-state index in [9.17, 15) is 9.18 Å². The number of fused-ring (bicyclic) bond motifs is 2. The summed E-state index contributed by atoms with van der Waals surface area (Å²) in [5, 5.41) is 1.43. The molecule has 0 radical (unpaired) electrons. The van der Waals surface area contributed by atoms with Crippen LogP contribution in [0, 0.1) is 12.4 Å². The number of benzene rings is 2. The van der Waals surface area contributed by atoms with Gasteiger partial charge in [0, 0.05) is 55.3 Å². The van der Waals surface area contributed by atoms with Gasteiger partial charge in [0.1, 0.15) is 24.4 Å². The summed E-state index contributed by atoms with van der Waals surface area (Å²) in [5.74, 6) is 0.185. The zero-order valence-electron chi connectivity index (χ0n) is 24.6. The van der Waals surface area contributed by atoms with Gasteiger partial charge in [-0.3, -0.25) is 4.79 Å². The number of piperazine rings is 1. The Hall–Kier alpha value is -4.30. The maximum absolute atomic E-state index is 15.0. The zero-order valence-corrected chi connectivity index (χ0v) is 24.6. The lowest BCUT2D eigenvalue weighted by molar-refractivity contribution is -0.128. The lowest BCUT2D eigenvalue weighted by atomic mass is 10.0. The van der Waals surface area contributed by atoms with E-state index in [4.69, 9.17) is 26.0 Å². The molecule has 6 rings (SSSR count). The van der Waals surface area contributed by atoms with Gasteiger partial charge in [-0.05, 0) is 42.9 Å². The summed E-state index contributed by atoms with van der Waals surface area (Å²) in [5.41, 5.74) is 2.62. The van der Waals surface area contributed by atoms with Crippen LogP contribution in [-0.2, 0) is 22.5 Å². The topological polar surface area (TPSA) is 75.4 Å². The Balaban J connectivity index is 1.28. The average Bonchev–Trinajstić information content (AvgIpc) is 3.87. The molecule has 2 fully saturated rings. The number of halogens is 2. The molecule has 9 nitrogen and oxygen atoms in total. The minimum Gasteiger partial charge on any atom is -0.463 e. The summed E-state index contributed by atoms with van der Waals surface area (Å²) in [6.07, 6.45) is 6.40. The summed E-state index contributed by atoms with van der Waals surface area (Å²) in [6, 6.07) is 10.8. The molecular formula is C33H36F2N6O3. The first-order valence-corrected chi connectivity index (χ1v) is 15.2. The van der Waals surface area contributed by atoms with Gasteiger partial charge >= 0.3 is 6.01 Å². The van der Waals surface area contributed by atoms with Gasteiger partial charge in [-0.25, -0.2) is 15.4 Å². The lowest BCUT2D eigenvalue weighted by Crippen LogP contribution is -2.56. The van der Waals surface area contributed by atoms with Crippen LogP contribution in [-0.4, -0.2) is 85.5 Å². The maximum Gasteiger partial charge on any atom is 0.318 e. The molecule has 11 heteroatoms. The van der Waals surface area contributed by atoms with E-state index in [1.54, 1.807) is 11.0 Å². The van der Waals surface area contributed by atoms with Gasteiger partial charge in [0.05, 0.1) is 31.6 Å². The number of rotatable bonds is 11. The number of ether oxygens (including phenoxy) is 2. The van der Waals surface area contributed by atoms with Crippen LogP contribution in [0.1, 0.15) is 30.5 Å². The van der Waals surface area contributed by atoms with Crippen LogP contribution >= 0.6 is 0 Å². The first-order chi connectivity index (χ1) is 21.6. The molecule has 1 saturated carbocycles. The molecule has 0 spiro atoms. The van der Waals surface area contributed by atoms with Gasteiger partial charge in [0.2, 0.25) is 12.5 Å². The van der Waals surface area contributed by atoms with E-state index < -0.39 is 6.67 Å². The van der Waals surface area contributed by atoms with Crippen molar-refractivity contribution in [1.82, 2.24) is 14.9 Å². The smallest absolute Gasteiger partial charge is 0.318 e. The van der Waals surface area contributed by atoms with Gasteiger partial charge in [-0.2, -0.15) is 9.97 Å². The molecule has 1 atom stereocenters. The first-order valence-electron chi connectivity index (χ1n) is 15.2. The van der Waals surface area contributed by atoms with Crippen molar-refractivity contribution >= 4 is 28.2 Å². The molecule has 1 saturated heterocycles. The predicted octanol–water partition coefficient (Wildman–Crippen LogP) is 4.74. The average molecular weight is 603 g/mol. The van der Waals surface area contributed by atoms with E-state index in [0.29, 0.717) is 70.3 Å². The highest BCUT2D eigenvalue weighted by atomic mass is 19.1. The number of aromatic nitrogens is 2. The highest BCUT2D eigenvalue weighted by Gasteiger charge is 2.35. The van der Waals surface area contributed by atoms with Crippen LogP contribution in [0.5, 0.6) is 6.01 Å². The van der Waals surface area contributed by atoms with Crippen LogP contribution in [0.25, 0.3) is 15.6 Å². The monoisotopic (exact) mass is 602 g/mol. The Morgan fingerprint density at radius 1 is 1.09 bits per heavy atom. The molecule has 3 aliphatic rings. The van der Waals surface area contributed by atoms with E-state index in [1.807, 2.05) is 24.3 Å². The van der Waals surface area contributed by atoms with Crippen molar-refractivity contribution in [2.45, 2.75) is 44.4 Å². The summed E-state index contributed by atoms with van der Waals surface area (Å²) < 4.78 is 39.5. The molecule has 1 aliphatic carbocycles. The number of hydrogen-bond donors (Lipinski definition) is 0. The normalized spacial score (nSPS) is 18.5. The zero-order chi connectivity index (χ0) is 30.5. The molecule has 3 heterocycles. The summed E-state index contributed by atoms with van der Waals surface area (Å²) >= 11 is 0. The molecule has 3 aromatic rings. The molecule has 0 bridgehead atoms. The Morgan fingerprint density at radius 2 is 1.93 bits per heavy atom. The summed E-state index contributed by atoms with van der Waals surface area (Å²) in [4.78, 5) is 31.9. The van der Waals surface area contributed by atoms with Gasteiger partial charge < -0.3 is 29.0 Å². The van der Waals surface area contributed by atoms with E-state index in [0.717, 1.165) is 41.0 Å². The highest BCUT2D eigenvalue weighted by molar-refractivity contribution is 5.95. The second-order valence-electron chi connectivity index (χ2n) is 11.3. The maximum atomic E-state index is 15.0.